The Morgan fingerprint density at radius 1 is 1.05 bits per heavy atom. The molecule has 1 aromatic heterocycles. The minimum atomic E-state index is -0.179. The number of hydrogen-bond donors (Lipinski definition) is 0. The average molecular weight is 293 g/mol. The summed E-state index contributed by atoms with van der Waals surface area (Å²) in [5, 5.41) is 0.345. The number of carbonyl (C=O) groups excluding carboxylic acids is 1. The summed E-state index contributed by atoms with van der Waals surface area (Å²) in [7, 11) is 0. The molecule has 2 aromatic rings. The number of ether oxygens (including phenoxy) is 2. The van der Waals surface area contributed by atoms with Gasteiger partial charge in [-0.2, -0.15) is 0 Å². The summed E-state index contributed by atoms with van der Waals surface area (Å²) in [4.78, 5) is 12.5. The van der Waals surface area contributed by atoms with Crippen LogP contribution in [0.2, 0.25) is 5.02 Å². The van der Waals surface area contributed by atoms with Crippen LogP contribution in [0, 0.1) is 13.8 Å². The van der Waals surface area contributed by atoms with E-state index in [1.807, 2.05) is 0 Å². The number of rotatable bonds is 2. The van der Waals surface area contributed by atoms with Gasteiger partial charge in [-0.15, -0.1) is 0 Å². The third kappa shape index (κ3) is 2.16. The Labute approximate surface area is 121 Å². The van der Waals surface area contributed by atoms with Gasteiger partial charge in [0.1, 0.15) is 24.7 Å². The molecule has 5 heteroatoms. The summed E-state index contributed by atoms with van der Waals surface area (Å²) in [5.41, 5.74) is 0.904. The maximum absolute atomic E-state index is 12.5. The second-order valence-corrected chi connectivity index (χ2v) is 5.04. The first-order valence-corrected chi connectivity index (χ1v) is 6.65. The zero-order valence-corrected chi connectivity index (χ0v) is 11.9. The van der Waals surface area contributed by atoms with Gasteiger partial charge in [-0.05, 0) is 26.0 Å². The molecular formula is C15H13ClO4. The third-order valence-corrected chi connectivity index (χ3v) is 3.47. The molecule has 1 aliphatic rings. The zero-order valence-electron chi connectivity index (χ0n) is 11.2. The molecule has 0 atom stereocenters. The molecule has 4 nitrogen and oxygen atoms in total. The van der Waals surface area contributed by atoms with Crippen LogP contribution in [-0.2, 0) is 0 Å². The van der Waals surface area contributed by atoms with Gasteiger partial charge >= 0.3 is 0 Å². The second-order valence-electron chi connectivity index (χ2n) is 4.63. The van der Waals surface area contributed by atoms with Gasteiger partial charge in [-0.25, -0.2) is 0 Å². The van der Waals surface area contributed by atoms with E-state index in [9.17, 15) is 4.79 Å². The highest BCUT2D eigenvalue weighted by atomic mass is 35.5. The fourth-order valence-electron chi connectivity index (χ4n) is 2.24. The Bertz CT molecular complexity index is 687. The molecule has 0 fully saturated rings. The summed E-state index contributed by atoms with van der Waals surface area (Å²) >= 11 is 6.18. The Morgan fingerprint density at radius 2 is 1.70 bits per heavy atom. The van der Waals surface area contributed by atoms with Crippen LogP contribution < -0.4 is 9.47 Å². The highest BCUT2D eigenvalue weighted by Crippen LogP contribution is 2.36. The Hall–Kier alpha value is -1.94. The van der Waals surface area contributed by atoms with Crippen LogP contribution in [0.4, 0.5) is 0 Å². The molecular weight excluding hydrogens is 280 g/mol. The number of aryl methyl sites for hydroxylation is 2. The number of halogens is 1. The van der Waals surface area contributed by atoms with Crippen molar-refractivity contribution in [3.8, 4) is 11.5 Å². The molecule has 2 heterocycles. The molecule has 0 spiro atoms. The molecule has 104 valence electrons. The fraction of sp³-hybridized carbons (Fsp3) is 0.267. The topological polar surface area (TPSA) is 48.7 Å². The molecule has 0 N–H and O–H groups in total. The van der Waals surface area contributed by atoms with Crippen molar-refractivity contribution < 1.29 is 18.7 Å². The lowest BCUT2D eigenvalue weighted by Gasteiger charge is -2.19. The molecule has 0 amide bonds. The van der Waals surface area contributed by atoms with Crippen LogP contribution in [0.25, 0.3) is 0 Å². The van der Waals surface area contributed by atoms with Gasteiger partial charge in [0, 0.05) is 11.6 Å². The molecule has 0 aliphatic carbocycles. The van der Waals surface area contributed by atoms with Gasteiger partial charge in [0.25, 0.3) is 0 Å². The lowest BCUT2D eigenvalue weighted by Crippen LogP contribution is -2.16. The molecule has 0 saturated carbocycles. The fourth-order valence-corrected chi connectivity index (χ4v) is 2.48. The monoisotopic (exact) mass is 292 g/mol. The van der Waals surface area contributed by atoms with E-state index in [0.29, 0.717) is 52.4 Å². The maximum atomic E-state index is 12.5. The number of hydrogen-bond acceptors (Lipinski definition) is 4. The van der Waals surface area contributed by atoms with Gasteiger partial charge in [0.2, 0.25) is 0 Å². The quantitative estimate of drug-likeness (QED) is 0.794. The molecule has 1 aromatic carbocycles. The van der Waals surface area contributed by atoms with Crippen LogP contribution >= 0.6 is 11.6 Å². The van der Waals surface area contributed by atoms with Crippen molar-refractivity contribution in [2.45, 2.75) is 13.8 Å². The average Bonchev–Trinajstić information content (AvgIpc) is 2.76. The number of furan rings is 1. The van der Waals surface area contributed by atoms with Crippen LogP contribution in [0.15, 0.2) is 22.6 Å². The maximum Gasteiger partial charge on any atom is 0.198 e. The normalized spacial score (nSPS) is 13.3. The second kappa shape index (κ2) is 4.87. The molecule has 1 aliphatic heterocycles. The predicted octanol–water partition coefficient (Wildman–Crippen LogP) is 3.55. The van der Waals surface area contributed by atoms with Crippen LogP contribution in [0.1, 0.15) is 27.4 Å². The predicted molar refractivity (Wildman–Crippen MR) is 74.1 cm³/mol. The van der Waals surface area contributed by atoms with Crippen molar-refractivity contribution in [3.05, 3.63) is 45.9 Å². The third-order valence-electron chi connectivity index (χ3n) is 3.16. The van der Waals surface area contributed by atoms with Gasteiger partial charge in [0.05, 0.1) is 10.6 Å². The lowest BCUT2D eigenvalue weighted by atomic mass is 10.0. The minimum absolute atomic E-state index is 0.179. The summed E-state index contributed by atoms with van der Waals surface area (Å²) < 4.78 is 16.3. The van der Waals surface area contributed by atoms with E-state index in [1.165, 1.54) is 0 Å². The molecule has 3 rings (SSSR count). The summed E-state index contributed by atoms with van der Waals surface area (Å²) in [6.45, 7) is 4.50. The first kappa shape index (κ1) is 13.1. The van der Waals surface area contributed by atoms with Crippen LogP contribution in [0.3, 0.4) is 0 Å². The molecule has 0 unspecified atom stereocenters. The van der Waals surface area contributed by atoms with E-state index < -0.39 is 0 Å². The SMILES string of the molecule is Cc1cc(C(=O)c2cc3c(cc2Cl)OCCO3)c(C)o1. The number of ketones is 1. The van der Waals surface area contributed by atoms with Crippen molar-refractivity contribution in [1.82, 2.24) is 0 Å². The number of carbonyl (C=O) groups is 1. The van der Waals surface area contributed by atoms with Gasteiger partial charge < -0.3 is 13.9 Å². The molecule has 0 radical (unpaired) electrons. The van der Waals surface area contributed by atoms with E-state index >= 15 is 0 Å². The van der Waals surface area contributed by atoms with E-state index in [1.54, 1.807) is 32.0 Å². The standard InChI is InChI=1S/C15H13ClO4/c1-8-5-10(9(2)20-8)15(17)11-6-13-14(7-12(11)16)19-4-3-18-13/h5-7H,3-4H2,1-2H3. The summed E-state index contributed by atoms with van der Waals surface area (Å²) in [6.07, 6.45) is 0. The van der Waals surface area contributed by atoms with Crippen LogP contribution in [0.5, 0.6) is 11.5 Å². The highest BCUT2D eigenvalue weighted by molar-refractivity contribution is 6.35. The van der Waals surface area contributed by atoms with Gasteiger partial charge in [-0.1, -0.05) is 11.6 Å². The van der Waals surface area contributed by atoms with E-state index in [4.69, 9.17) is 25.5 Å². The van der Waals surface area contributed by atoms with E-state index in [0.717, 1.165) is 0 Å². The molecule has 0 saturated heterocycles. The molecule has 20 heavy (non-hydrogen) atoms. The van der Waals surface area contributed by atoms with Crippen LogP contribution in [-0.4, -0.2) is 19.0 Å². The first-order chi connectivity index (χ1) is 9.56. The van der Waals surface area contributed by atoms with Crippen molar-refractivity contribution in [2.24, 2.45) is 0 Å². The smallest absolute Gasteiger partial charge is 0.198 e. The Kier molecular flexibility index (Phi) is 3.18. The highest BCUT2D eigenvalue weighted by Gasteiger charge is 2.22. The van der Waals surface area contributed by atoms with Gasteiger partial charge in [-0.3, -0.25) is 4.79 Å². The number of benzene rings is 1. The lowest BCUT2D eigenvalue weighted by molar-refractivity contribution is 0.103. The van der Waals surface area contributed by atoms with Crippen molar-refractivity contribution in [1.29, 1.82) is 0 Å². The van der Waals surface area contributed by atoms with Crippen molar-refractivity contribution in [3.63, 3.8) is 0 Å². The Balaban J connectivity index is 2.05. The first-order valence-electron chi connectivity index (χ1n) is 6.27. The van der Waals surface area contributed by atoms with E-state index in [-0.39, 0.29) is 5.78 Å². The van der Waals surface area contributed by atoms with Crippen molar-refractivity contribution in [2.75, 3.05) is 13.2 Å². The van der Waals surface area contributed by atoms with E-state index in [2.05, 4.69) is 0 Å². The largest absolute Gasteiger partial charge is 0.486 e. The Morgan fingerprint density at radius 3 is 2.30 bits per heavy atom. The van der Waals surface area contributed by atoms with Crippen molar-refractivity contribution >= 4 is 17.4 Å². The summed E-state index contributed by atoms with van der Waals surface area (Å²) in [5.74, 6) is 2.21. The van der Waals surface area contributed by atoms with Gasteiger partial charge in [0.15, 0.2) is 17.3 Å². The summed E-state index contributed by atoms with van der Waals surface area (Å²) in [6, 6.07) is 4.96. The molecule has 0 bridgehead atoms. The minimum Gasteiger partial charge on any atom is -0.486 e. The zero-order chi connectivity index (χ0) is 14.3. The number of fused-ring (bicyclic) bond motifs is 1.